The Hall–Kier alpha value is -1.92. The van der Waals surface area contributed by atoms with Crippen LogP contribution in [0.3, 0.4) is 0 Å². The lowest BCUT2D eigenvalue weighted by Crippen LogP contribution is -2.51. The number of amides is 1. The van der Waals surface area contributed by atoms with Gasteiger partial charge in [0.05, 0.1) is 11.9 Å². The summed E-state index contributed by atoms with van der Waals surface area (Å²) in [7, 11) is 0. The molecule has 1 N–H and O–H groups in total. The van der Waals surface area contributed by atoms with Gasteiger partial charge in [-0.25, -0.2) is 4.39 Å². The quantitative estimate of drug-likeness (QED) is 0.582. The Morgan fingerprint density at radius 2 is 1.75 bits per heavy atom. The summed E-state index contributed by atoms with van der Waals surface area (Å²) in [6.07, 6.45) is 9.30. The van der Waals surface area contributed by atoms with E-state index in [1.165, 1.54) is 5.56 Å². The summed E-state index contributed by atoms with van der Waals surface area (Å²) in [4.78, 5) is 12.4. The third-order valence-corrected chi connectivity index (χ3v) is 7.77. The number of halogens is 1. The first kappa shape index (κ1) is 23.2. The molecule has 0 radical (unpaired) electrons. The molecule has 1 aliphatic heterocycles. The lowest BCUT2D eigenvalue weighted by atomic mass is 9.56. The van der Waals surface area contributed by atoms with E-state index in [4.69, 9.17) is 14.2 Å². The molecule has 1 heterocycles. The lowest BCUT2D eigenvalue weighted by Gasteiger charge is -2.53. The zero-order chi connectivity index (χ0) is 22.4. The van der Waals surface area contributed by atoms with Crippen molar-refractivity contribution in [2.24, 2.45) is 0 Å². The van der Waals surface area contributed by atoms with E-state index >= 15 is 0 Å². The number of hydrogen-bond donors (Lipinski definition) is 1. The van der Waals surface area contributed by atoms with Crippen LogP contribution in [0.15, 0.2) is 36.2 Å². The Morgan fingerprint density at radius 3 is 2.34 bits per heavy atom. The minimum Gasteiger partial charge on any atom is -0.489 e. The highest BCUT2D eigenvalue weighted by atomic mass is 19.1. The van der Waals surface area contributed by atoms with E-state index in [2.05, 4.69) is 17.4 Å². The third-order valence-electron chi connectivity index (χ3n) is 7.77. The van der Waals surface area contributed by atoms with Crippen molar-refractivity contribution in [3.8, 4) is 5.75 Å². The SMILES string of the molecule is CC/C(=C\F)COc1ccc(C23CCC(OCC(=O)NC4CCOCC4)(CC2)CC3)cc1. The molecule has 5 rings (SSSR count). The Morgan fingerprint density at radius 1 is 1.09 bits per heavy atom. The summed E-state index contributed by atoms with van der Waals surface area (Å²) in [5.41, 5.74) is 2.06. The summed E-state index contributed by atoms with van der Waals surface area (Å²) in [5, 5.41) is 3.10. The van der Waals surface area contributed by atoms with Gasteiger partial charge in [0.2, 0.25) is 5.91 Å². The number of carbonyl (C=O) groups excluding carboxylic acids is 1. The fraction of sp³-hybridized carbons (Fsp3) is 0.654. The van der Waals surface area contributed by atoms with Crippen LogP contribution in [0.1, 0.15) is 70.3 Å². The maximum Gasteiger partial charge on any atom is 0.246 e. The number of fused-ring (bicyclic) bond motifs is 3. The van der Waals surface area contributed by atoms with E-state index in [0.717, 1.165) is 70.3 Å². The van der Waals surface area contributed by atoms with Crippen LogP contribution >= 0.6 is 0 Å². The van der Waals surface area contributed by atoms with Gasteiger partial charge < -0.3 is 19.5 Å². The van der Waals surface area contributed by atoms with Gasteiger partial charge >= 0.3 is 0 Å². The smallest absolute Gasteiger partial charge is 0.246 e. The highest BCUT2D eigenvalue weighted by molar-refractivity contribution is 5.77. The number of rotatable bonds is 9. The standard InChI is InChI=1S/C26H36FNO4/c1-2-20(17-27)18-31-23-5-3-21(4-6-23)25-9-12-26(13-10-25,14-11-25)32-19-24(29)28-22-7-15-30-16-8-22/h3-6,17,22H,2,7-16,18-19H2,1H3,(H,28,29)/b20-17+. The second kappa shape index (κ2) is 10.3. The van der Waals surface area contributed by atoms with Gasteiger partial charge in [0.1, 0.15) is 19.0 Å². The van der Waals surface area contributed by atoms with Gasteiger partial charge in [-0.05, 0) is 86.5 Å². The van der Waals surface area contributed by atoms with Gasteiger partial charge in [-0.2, -0.15) is 0 Å². The number of carbonyl (C=O) groups is 1. The molecular formula is C26H36FNO4. The summed E-state index contributed by atoms with van der Waals surface area (Å²) in [6, 6.07) is 8.56. The maximum absolute atomic E-state index is 12.7. The Kier molecular flexibility index (Phi) is 7.51. The van der Waals surface area contributed by atoms with Crippen molar-refractivity contribution in [3.05, 3.63) is 41.7 Å². The van der Waals surface area contributed by atoms with Crippen LogP contribution in [0.2, 0.25) is 0 Å². The molecule has 4 aliphatic rings. The molecule has 0 aromatic heterocycles. The van der Waals surface area contributed by atoms with E-state index in [1.54, 1.807) is 0 Å². The molecule has 5 nitrogen and oxygen atoms in total. The Bertz CT molecular complexity index is 776. The molecule has 3 saturated carbocycles. The number of nitrogens with one attached hydrogen (secondary N) is 1. The second-order valence-corrected chi connectivity index (χ2v) is 9.64. The van der Waals surface area contributed by atoms with Crippen LogP contribution in [-0.2, 0) is 19.7 Å². The van der Waals surface area contributed by atoms with Gasteiger partial charge in [-0.15, -0.1) is 0 Å². The topological polar surface area (TPSA) is 56.8 Å². The van der Waals surface area contributed by atoms with Crippen LogP contribution in [0.5, 0.6) is 5.75 Å². The van der Waals surface area contributed by atoms with E-state index in [-0.39, 0.29) is 29.6 Å². The summed E-state index contributed by atoms with van der Waals surface area (Å²) >= 11 is 0. The fourth-order valence-electron chi connectivity index (χ4n) is 5.42. The molecule has 0 unspecified atom stereocenters. The van der Waals surface area contributed by atoms with Crippen molar-refractivity contribution >= 4 is 5.91 Å². The van der Waals surface area contributed by atoms with Crippen LogP contribution < -0.4 is 10.1 Å². The molecule has 1 amide bonds. The highest BCUT2D eigenvalue weighted by Crippen LogP contribution is 2.55. The zero-order valence-electron chi connectivity index (χ0n) is 19.2. The second-order valence-electron chi connectivity index (χ2n) is 9.64. The van der Waals surface area contributed by atoms with Crippen molar-refractivity contribution in [3.63, 3.8) is 0 Å². The van der Waals surface area contributed by atoms with Crippen LogP contribution in [0.25, 0.3) is 0 Å². The predicted octanol–water partition coefficient (Wildman–Crippen LogP) is 4.99. The van der Waals surface area contributed by atoms with Gasteiger partial charge in [0.15, 0.2) is 0 Å². The first-order valence-corrected chi connectivity index (χ1v) is 12.1. The molecular weight excluding hydrogens is 409 g/mol. The summed E-state index contributed by atoms with van der Waals surface area (Å²) in [5.74, 6) is 0.774. The Labute approximate surface area is 190 Å². The number of ether oxygens (including phenoxy) is 3. The minimum absolute atomic E-state index is 0.00175. The van der Waals surface area contributed by atoms with Gasteiger partial charge in [0.25, 0.3) is 0 Å². The summed E-state index contributed by atoms with van der Waals surface area (Å²) < 4.78 is 30.0. The molecule has 3 aliphatic carbocycles. The van der Waals surface area contributed by atoms with Gasteiger partial charge in [-0.1, -0.05) is 19.1 Å². The molecule has 32 heavy (non-hydrogen) atoms. The molecule has 6 heteroatoms. The highest BCUT2D eigenvalue weighted by Gasteiger charge is 2.50. The Balaban J connectivity index is 1.27. The number of benzene rings is 1. The van der Waals surface area contributed by atoms with Gasteiger partial charge in [-0.3, -0.25) is 4.79 Å². The first-order valence-electron chi connectivity index (χ1n) is 12.1. The third kappa shape index (κ3) is 5.34. The largest absolute Gasteiger partial charge is 0.489 e. The molecule has 1 aromatic rings. The molecule has 176 valence electrons. The average Bonchev–Trinajstić information content (AvgIpc) is 2.86. The van der Waals surface area contributed by atoms with Crippen LogP contribution in [-0.4, -0.2) is 44.0 Å². The van der Waals surface area contributed by atoms with E-state index in [0.29, 0.717) is 24.9 Å². The monoisotopic (exact) mass is 445 g/mol. The normalized spacial score (nSPS) is 28.5. The van der Waals surface area contributed by atoms with Gasteiger partial charge in [0, 0.05) is 19.3 Å². The van der Waals surface area contributed by atoms with Crippen molar-refractivity contribution < 1.29 is 23.4 Å². The van der Waals surface area contributed by atoms with Crippen molar-refractivity contribution in [1.29, 1.82) is 0 Å². The predicted molar refractivity (Wildman–Crippen MR) is 121 cm³/mol. The average molecular weight is 446 g/mol. The van der Waals surface area contributed by atoms with E-state index < -0.39 is 0 Å². The molecule has 1 saturated heterocycles. The fourth-order valence-corrected chi connectivity index (χ4v) is 5.42. The molecule has 1 aromatic carbocycles. The molecule has 0 spiro atoms. The number of hydrogen-bond acceptors (Lipinski definition) is 4. The van der Waals surface area contributed by atoms with E-state index in [9.17, 15) is 9.18 Å². The molecule has 0 atom stereocenters. The van der Waals surface area contributed by atoms with Crippen molar-refractivity contribution in [2.75, 3.05) is 26.4 Å². The summed E-state index contributed by atoms with van der Waals surface area (Å²) in [6.45, 7) is 3.81. The first-order chi connectivity index (χ1) is 15.6. The molecule has 2 bridgehead atoms. The lowest BCUT2D eigenvalue weighted by molar-refractivity contribution is -0.147. The van der Waals surface area contributed by atoms with E-state index in [1.807, 2.05) is 19.1 Å². The van der Waals surface area contributed by atoms with Crippen molar-refractivity contribution in [1.82, 2.24) is 5.32 Å². The maximum atomic E-state index is 12.7. The van der Waals surface area contributed by atoms with Crippen LogP contribution in [0.4, 0.5) is 4.39 Å². The van der Waals surface area contributed by atoms with Crippen molar-refractivity contribution in [2.45, 2.75) is 81.8 Å². The van der Waals surface area contributed by atoms with Crippen LogP contribution in [0, 0.1) is 0 Å². The minimum atomic E-state index is -0.146. The molecule has 4 fully saturated rings. The zero-order valence-corrected chi connectivity index (χ0v) is 19.2.